The number of methoxy groups -OCH3 is 1. The minimum atomic E-state index is -0.0266. The Balaban J connectivity index is 2.70. The van der Waals surface area contributed by atoms with Crippen LogP contribution in [0, 0.1) is 11.3 Å². The highest BCUT2D eigenvalue weighted by molar-refractivity contribution is 5.96. The molecule has 0 spiro atoms. The Morgan fingerprint density at radius 1 is 1.30 bits per heavy atom. The van der Waals surface area contributed by atoms with Crippen molar-refractivity contribution in [2.45, 2.75) is 40.0 Å². The second-order valence-electron chi connectivity index (χ2n) is 6.02. The number of Topliss-reactive ketones (excluding diaryl/α,β-unsaturated/α-hetero) is 1. The van der Waals surface area contributed by atoms with Crippen molar-refractivity contribution in [1.29, 1.82) is 0 Å². The molecule has 1 heterocycles. The highest BCUT2D eigenvalue weighted by Crippen LogP contribution is 2.32. The molecular formula is C15H25N3O2. The van der Waals surface area contributed by atoms with E-state index in [1.165, 1.54) is 19.5 Å². The van der Waals surface area contributed by atoms with E-state index in [2.05, 4.69) is 30.7 Å². The summed E-state index contributed by atoms with van der Waals surface area (Å²) >= 11 is 0. The van der Waals surface area contributed by atoms with Crippen molar-refractivity contribution < 1.29 is 9.53 Å². The Labute approximate surface area is 121 Å². The standard InChI is InChI=1S/C15H25N3O2/c1-15(2,3)11(7-8-16)5-6-12(19)13-14(20-4)18-10-9-17-13/h9-11H,5-8,16H2,1-4H3. The predicted molar refractivity (Wildman–Crippen MR) is 78.8 cm³/mol. The quantitative estimate of drug-likeness (QED) is 0.776. The Morgan fingerprint density at radius 3 is 2.50 bits per heavy atom. The molecule has 1 rings (SSSR count). The van der Waals surface area contributed by atoms with Crippen LogP contribution in [0.1, 0.15) is 50.5 Å². The van der Waals surface area contributed by atoms with Crippen LogP contribution in [0.25, 0.3) is 0 Å². The summed E-state index contributed by atoms with van der Waals surface area (Å²) in [5, 5.41) is 0. The van der Waals surface area contributed by atoms with Crippen LogP contribution in [0.2, 0.25) is 0 Å². The minimum absolute atomic E-state index is 0.0266. The maximum Gasteiger partial charge on any atom is 0.243 e. The van der Waals surface area contributed by atoms with E-state index in [1.807, 2.05) is 0 Å². The van der Waals surface area contributed by atoms with E-state index in [0.29, 0.717) is 30.5 Å². The van der Waals surface area contributed by atoms with Crippen LogP contribution >= 0.6 is 0 Å². The summed E-state index contributed by atoms with van der Waals surface area (Å²) in [6.45, 7) is 7.19. The van der Waals surface area contributed by atoms with Gasteiger partial charge in [-0.3, -0.25) is 4.79 Å². The lowest BCUT2D eigenvalue weighted by Gasteiger charge is -2.30. The van der Waals surface area contributed by atoms with Gasteiger partial charge in [-0.15, -0.1) is 0 Å². The number of rotatable bonds is 7. The third-order valence-corrected chi connectivity index (χ3v) is 3.58. The van der Waals surface area contributed by atoms with Crippen molar-refractivity contribution in [2.24, 2.45) is 17.1 Å². The second kappa shape index (κ2) is 7.33. The smallest absolute Gasteiger partial charge is 0.243 e. The van der Waals surface area contributed by atoms with Gasteiger partial charge < -0.3 is 10.5 Å². The van der Waals surface area contributed by atoms with Crippen molar-refractivity contribution >= 4 is 5.78 Å². The normalized spacial score (nSPS) is 13.1. The average molecular weight is 279 g/mol. The molecule has 0 fully saturated rings. The lowest BCUT2D eigenvalue weighted by Crippen LogP contribution is -2.24. The van der Waals surface area contributed by atoms with Crippen molar-refractivity contribution in [3.8, 4) is 5.88 Å². The van der Waals surface area contributed by atoms with Crippen molar-refractivity contribution in [3.05, 3.63) is 18.1 Å². The summed E-state index contributed by atoms with van der Waals surface area (Å²) in [5.41, 5.74) is 6.12. The van der Waals surface area contributed by atoms with E-state index in [4.69, 9.17) is 10.5 Å². The monoisotopic (exact) mass is 279 g/mol. The van der Waals surface area contributed by atoms with Crippen molar-refractivity contribution in [1.82, 2.24) is 9.97 Å². The van der Waals surface area contributed by atoms with Crippen LogP contribution in [0.3, 0.4) is 0 Å². The molecule has 0 bridgehead atoms. The Bertz CT molecular complexity index is 441. The molecule has 5 nitrogen and oxygen atoms in total. The fourth-order valence-electron chi connectivity index (χ4n) is 2.30. The Kier molecular flexibility index (Phi) is 6.07. The summed E-state index contributed by atoms with van der Waals surface area (Å²) in [4.78, 5) is 20.3. The zero-order valence-electron chi connectivity index (χ0n) is 12.8. The molecule has 1 atom stereocenters. The molecule has 0 amide bonds. The molecular weight excluding hydrogens is 254 g/mol. The van der Waals surface area contributed by atoms with Gasteiger partial charge in [0.2, 0.25) is 5.88 Å². The maximum absolute atomic E-state index is 12.2. The first-order valence-electron chi connectivity index (χ1n) is 6.98. The molecule has 0 aromatic carbocycles. The van der Waals surface area contributed by atoms with Gasteiger partial charge in [-0.1, -0.05) is 20.8 Å². The molecule has 0 saturated heterocycles. The van der Waals surface area contributed by atoms with Crippen LogP contribution in [-0.4, -0.2) is 29.4 Å². The first-order valence-corrected chi connectivity index (χ1v) is 6.98. The third-order valence-electron chi connectivity index (χ3n) is 3.58. The first-order chi connectivity index (χ1) is 9.40. The summed E-state index contributed by atoms with van der Waals surface area (Å²) in [6, 6.07) is 0. The number of nitrogens with two attached hydrogens (primary N) is 1. The molecule has 1 unspecified atom stereocenters. The topological polar surface area (TPSA) is 78.1 Å². The highest BCUT2D eigenvalue weighted by Gasteiger charge is 2.25. The molecule has 0 saturated carbocycles. The lowest BCUT2D eigenvalue weighted by molar-refractivity contribution is 0.0948. The van der Waals surface area contributed by atoms with E-state index in [1.54, 1.807) is 0 Å². The van der Waals surface area contributed by atoms with Gasteiger partial charge in [0.1, 0.15) is 0 Å². The van der Waals surface area contributed by atoms with Gasteiger partial charge in [0.05, 0.1) is 7.11 Å². The van der Waals surface area contributed by atoms with Crippen LogP contribution in [-0.2, 0) is 0 Å². The number of ether oxygens (including phenoxy) is 1. The molecule has 5 heteroatoms. The van der Waals surface area contributed by atoms with E-state index < -0.39 is 0 Å². The molecule has 0 aliphatic carbocycles. The maximum atomic E-state index is 12.2. The van der Waals surface area contributed by atoms with Crippen LogP contribution in [0.15, 0.2) is 12.4 Å². The number of carbonyl (C=O) groups is 1. The Hall–Kier alpha value is -1.49. The fraction of sp³-hybridized carbons (Fsp3) is 0.667. The number of carbonyl (C=O) groups excluding carboxylic acids is 1. The van der Waals surface area contributed by atoms with Crippen molar-refractivity contribution in [2.75, 3.05) is 13.7 Å². The number of nitrogens with zero attached hydrogens (tertiary/aromatic N) is 2. The Morgan fingerprint density at radius 2 is 1.95 bits per heavy atom. The zero-order chi connectivity index (χ0) is 15.2. The molecule has 1 aromatic rings. The molecule has 0 aliphatic rings. The van der Waals surface area contributed by atoms with E-state index in [-0.39, 0.29) is 11.2 Å². The highest BCUT2D eigenvalue weighted by atomic mass is 16.5. The van der Waals surface area contributed by atoms with Crippen molar-refractivity contribution in [3.63, 3.8) is 0 Å². The van der Waals surface area contributed by atoms with Crippen LogP contribution in [0.5, 0.6) is 5.88 Å². The molecule has 112 valence electrons. The van der Waals surface area contributed by atoms with Gasteiger partial charge in [0.25, 0.3) is 0 Å². The van der Waals surface area contributed by atoms with Crippen LogP contribution < -0.4 is 10.5 Å². The molecule has 0 aliphatic heterocycles. The zero-order valence-corrected chi connectivity index (χ0v) is 12.8. The van der Waals surface area contributed by atoms with Gasteiger partial charge in [0, 0.05) is 18.8 Å². The van der Waals surface area contributed by atoms with Crippen LogP contribution in [0.4, 0.5) is 0 Å². The average Bonchev–Trinajstić information content (AvgIpc) is 2.41. The lowest BCUT2D eigenvalue weighted by atomic mass is 9.76. The van der Waals surface area contributed by atoms with E-state index in [9.17, 15) is 4.79 Å². The molecule has 2 N–H and O–H groups in total. The van der Waals surface area contributed by atoms with Gasteiger partial charge in [-0.25, -0.2) is 9.97 Å². The van der Waals surface area contributed by atoms with Gasteiger partial charge >= 0.3 is 0 Å². The molecule has 0 radical (unpaired) electrons. The molecule has 20 heavy (non-hydrogen) atoms. The predicted octanol–water partition coefficient (Wildman–Crippen LogP) is 2.46. The summed E-state index contributed by atoms with van der Waals surface area (Å²) < 4.78 is 5.07. The number of aromatic nitrogens is 2. The fourth-order valence-corrected chi connectivity index (χ4v) is 2.30. The minimum Gasteiger partial charge on any atom is -0.479 e. The summed E-state index contributed by atoms with van der Waals surface area (Å²) in [6.07, 6.45) is 5.20. The largest absolute Gasteiger partial charge is 0.479 e. The third kappa shape index (κ3) is 4.56. The summed E-state index contributed by atoms with van der Waals surface area (Å²) in [5.74, 6) is 0.684. The van der Waals surface area contributed by atoms with E-state index in [0.717, 1.165) is 12.8 Å². The summed E-state index contributed by atoms with van der Waals surface area (Å²) in [7, 11) is 1.49. The number of ketones is 1. The number of hydrogen-bond donors (Lipinski definition) is 1. The number of hydrogen-bond acceptors (Lipinski definition) is 5. The van der Waals surface area contributed by atoms with Gasteiger partial charge in [-0.05, 0) is 30.7 Å². The SMILES string of the molecule is COc1nccnc1C(=O)CCC(CCN)C(C)(C)C. The first kappa shape index (κ1) is 16.6. The molecule has 1 aromatic heterocycles. The van der Waals surface area contributed by atoms with Gasteiger partial charge in [-0.2, -0.15) is 0 Å². The second-order valence-corrected chi connectivity index (χ2v) is 6.02. The van der Waals surface area contributed by atoms with E-state index >= 15 is 0 Å². The van der Waals surface area contributed by atoms with Gasteiger partial charge in [0.15, 0.2) is 11.5 Å².